The van der Waals surface area contributed by atoms with Gasteiger partial charge in [-0.15, -0.1) is 11.3 Å². The fourth-order valence-corrected chi connectivity index (χ4v) is 3.74. The number of nitrogens with one attached hydrogen (secondary N) is 2. The second-order valence-corrected chi connectivity index (χ2v) is 6.82. The van der Waals surface area contributed by atoms with Crippen molar-refractivity contribution in [3.63, 3.8) is 0 Å². The summed E-state index contributed by atoms with van der Waals surface area (Å²) in [6, 6.07) is 7.04. The number of nitrogens with zero attached hydrogens (tertiary/aromatic N) is 2. The normalized spacial score (nSPS) is 12.5. The van der Waals surface area contributed by atoms with Crippen LogP contribution in [-0.2, 0) is 0 Å². The first-order valence-corrected chi connectivity index (χ1v) is 9.62. The van der Waals surface area contributed by atoms with Crippen molar-refractivity contribution in [2.45, 2.75) is 25.1 Å². The fourth-order valence-electron chi connectivity index (χ4n) is 2.17. The van der Waals surface area contributed by atoms with E-state index in [0.29, 0.717) is 17.7 Å². The summed E-state index contributed by atoms with van der Waals surface area (Å²) in [6.45, 7) is 6.15. The van der Waals surface area contributed by atoms with Crippen molar-refractivity contribution >= 4 is 40.3 Å². The van der Waals surface area contributed by atoms with E-state index in [1.165, 1.54) is 17.4 Å². The van der Waals surface area contributed by atoms with E-state index in [2.05, 4.69) is 21.7 Å². The Bertz CT molecular complexity index is 805. The zero-order chi connectivity index (χ0) is 17.7. The third kappa shape index (κ3) is 3.71. The molecule has 0 spiro atoms. The van der Waals surface area contributed by atoms with Crippen LogP contribution in [0.4, 0.5) is 15.9 Å². The van der Waals surface area contributed by atoms with E-state index in [9.17, 15) is 9.65 Å². The second kappa shape index (κ2) is 8.18. The molecule has 1 aliphatic rings. The largest absolute Gasteiger partial charge is 0.364 e. The number of thioether (sulfide) groups is 1. The van der Waals surface area contributed by atoms with E-state index in [4.69, 9.17) is 0 Å². The van der Waals surface area contributed by atoms with Crippen LogP contribution in [0.15, 0.2) is 28.1 Å². The molecule has 2 heterocycles. The first-order chi connectivity index (χ1) is 11.6. The average molecular weight is 362 g/mol. The van der Waals surface area contributed by atoms with Crippen molar-refractivity contribution in [1.29, 1.82) is 5.26 Å². The fraction of sp³-hybridized carbons (Fsp3) is 0.294. The van der Waals surface area contributed by atoms with Crippen LogP contribution in [0.3, 0.4) is 0 Å². The van der Waals surface area contributed by atoms with Crippen molar-refractivity contribution in [2.24, 2.45) is 0 Å². The summed E-state index contributed by atoms with van der Waals surface area (Å²) < 4.78 is 14.3. The summed E-state index contributed by atoms with van der Waals surface area (Å²) in [5.74, 6) is 0.545. The maximum absolute atomic E-state index is 13.4. The molecule has 4 nitrogen and oxygen atoms in total. The summed E-state index contributed by atoms with van der Waals surface area (Å²) in [5.41, 5.74) is 2.69. The predicted molar refractivity (Wildman–Crippen MR) is 101 cm³/mol. The number of halogens is 1. The van der Waals surface area contributed by atoms with E-state index in [1.807, 2.05) is 20.1 Å². The molecule has 0 aliphatic carbocycles. The highest BCUT2D eigenvalue weighted by Gasteiger charge is 2.23. The van der Waals surface area contributed by atoms with Gasteiger partial charge in [0, 0.05) is 5.69 Å². The van der Waals surface area contributed by atoms with Gasteiger partial charge in [0.2, 0.25) is 0 Å². The number of anilines is 2. The minimum atomic E-state index is -0.242. The number of rotatable bonds is 3. The third-order valence-corrected chi connectivity index (χ3v) is 5.36. The van der Waals surface area contributed by atoms with Crippen LogP contribution in [0.25, 0.3) is 5.70 Å². The summed E-state index contributed by atoms with van der Waals surface area (Å²) in [7, 11) is 0. The summed E-state index contributed by atoms with van der Waals surface area (Å²) in [6.07, 6.45) is 1.97. The van der Waals surface area contributed by atoms with Crippen molar-refractivity contribution in [2.75, 3.05) is 23.4 Å². The first-order valence-electron chi connectivity index (χ1n) is 7.58. The Kier molecular flexibility index (Phi) is 6.23. The Hall–Kier alpha value is -2.04. The van der Waals surface area contributed by atoms with Gasteiger partial charge < -0.3 is 10.6 Å². The molecule has 0 fully saturated rings. The SMILES string of the molecule is CC.CSc1nc2c(s1)C(Nc1ccc(F)c(C)c1)=C(C#N)CN2. The van der Waals surface area contributed by atoms with Crippen LogP contribution in [0, 0.1) is 24.1 Å². The number of fused-ring (bicyclic) bond motifs is 1. The molecule has 126 valence electrons. The van der Waals surface area contributed by atoms with E-state index in [0.717, 1.165) is 26.4 Å². The minimum absolute atomic E-state index is 0.242. The zero-order valence-electron chi connectivity index (χ0n) is 14.0. The molecule has 2 N–H and O–H groups in total. The molecule has 0 saturated heterocycles. The Morgan fingerprint density at radius 3 is 2.79 bits per heavy atom. The molecule has 0 unspecified atom stereocenters. The molecule has 2 aromatic rings. The van der Waals surface area contributed by atoms with Crippen molar-refractivity contribution in [3.8, 4) is 6.07 Å². The number of benzene rings is 1. The van der Waals surface area contributed by atoms with Gasteiger partial charge in [0.05, 0.1) is 28.8 Å². The Labute approximate surface area is 149 Å². The van der Waals surface area contributed by atoms with Crippen LogP contribution in [0.1, 0.15) is 24.3 Å². The lowest BCUT2D eigenvalue weighted by Gasteiger charge is -2.19. The molecule has 0 radical (unpaired) electrons. The van der Waals surface area contributed by atoms with E-state index in [-0.39, 0.29) is 5.82 Å². The van der Waals surface area contributed by atoms with Crippen LogP contribution in [0.2, 0.25) is 0 Å². The van der Waals surface area contributed by atoms with E-state index < -0.39 is 0 Å². The molecular weight excluding hydrogens is 343 g/mol. The average Bonchev–Trinajstić information content (AvgIpc) is 3.04. The topological polar surface area (TPSA) is 60.7 Å². The van der Waals surface area contributed by atoms with Gasteiger partial charge >= 0.3 is 0 Å². The van der Waals surface area contributed by atoms with Gasteiger partial charge in [-0.25, -0.2) is 9.37 Å². The van der Waals surface area contributed by atoms with Gasteiger partial charge in [0.15, 0.2) is 4.34 Å². The molecular formula is C17H19FN4S2. The minimum Gasteiger partial charge on any atom is -0.364 e. The van der Waals surface area contributed by atoms with Gasteiger partial charge in [0.25, 0.3) is 0 Å². The lowest BCUT2D eigenvalue weighted by atomic mass is 10.1. The zero-order valence-corrected chi connectivity index (χ0v) is 15.7. The Balaban J connectivity index is 0.00000100. The van der Waals surface area contributed by atoms with E-state index in [1.54, 1.807) is 30.8 Å². The first kappa shape index (κ1) is 18.3. The number of hydrogen-bond donors (Lipinski definition) is 2. The number of thiazole rings is 1. The number of nitriles is 1. The molecule has 1 aromatic heterocycles. The highest BCUT2D eigenvalue weighted by molar-refractivity contribution is 8.00. The summed E-state index contributed by atoms with van der Waals surface area (Å²) in [4.78, 5) is 5.40. The molecule has 0 saturated carbocycles. The molecule has 3 rings (SSSR count). The van der Waals surface area contributed by atoms with Crippen LogP contribution >= 0.6 is 23.1 Å². The monoisotopic (exact) mass is 362 g/mol. The number of hydrogen-bond acceptors (Lipinski definition) is 6. The predicted octanol–water partition coefficient (Wildman–Crippen LogP) is 5.11. The number of aromatic nitrogens is 1. The Morgan fingerprint density at radius 1 is 1.42 bits per heavy atom. The van der Waals surface area contributed by atoms with Crippen molar-refractivity contribution in [1.82, 2.24) is 4.98 Å². The third-order valence-electron chi connectivity index (χ3n) is 3.31. The highest BCUT2D eigenvalue weighted by atomic mass is 32.2. The molecule has 1 aliphatic heterocycles. The van der Waals surface area contributed by atoms with Crippen molar-refractivity contribution in [3.05, 3.63) is 40.0 Å². The molecule has 0 atom stereocenters. The quantitative estimate of drug-likeness (QED) is 0.743. The molecule has 0 bridgehead atoms. The van der Waals surface area contributed by atoms with Crippen LogP contribution in [-0.4, -0.2) is 17.8 Å². The summed E-state index contributed by atoms with van der Waals surface area (Å²) >= 11 is 3.10. The smallest absolute Gasteiger partial charge is 0.152 e. The van der Waals surface area contributed by atoms with Gasteiger partial charge in [-0.3, -0.25) is 0 Å². The van der Waals surface area contributed by atoms with Crippen LogP contribution < -0.4 is 10.6 Å². The van der Waals surface area contributed by atoms with Crippen molar-refractivity contribution < 1.29 is 4.39 Å². The lowest BCUT2D eigenvalue weighted by Crippen LogP contribution is -2.16. The maximum Gasteiger partial charge on any atom is 0.152 e. The second-order valence-electron chi connectivity index (χ2n) is 4.77. The summed E-state index contributed by atoms with van der Waals surface area (Å²) in [5, 5.41) is 15.8. The standard InChI is InChI=1S/C15H13FN4S2.C2H6/c1-8-5-10(3-4-11(8)16)19-12-9(6-17)7-18-14-13(12)22-15(20-14)21-2;1-2/h3-5,18-19H,7H2,1-2H3;1-2H3. The molecule has 7 heteroatoms. The number of aryl methyl sites for hydroxylation is 1. The van der Waals surface area contributed by atoms with E-state index >= 15 is 0 Å². The van der Waals surface area contributed by atoms with Gasteiger partial charge in [-0.2, -0.15) is 5.26 Å². The molecule has 1 aromatic carbocycles. The highest BCUT2D eigenvalue weighted by Crippen LogP contribution is 2.38. The maximum atomic E-state index is 13.4. The Morgan fingerprint density at radius 2 is 2.17 bits per heavy atom. The van der Waals surface area contributed by atoms with Crippen LogP contribution in [0.5, 0.6) is 0 Å². The van der Waals surface area contributed by atoms with Gasteiger partial charge in [-0.05, 0) is 36.9 Å². The lowest BCUT2D eigenvalue weighted by molar-refractivity contribution is 0.619. The van der Waals surface area contributed by atoms with Gasteiger partial charge in [-0.1, -0.05) is 25.6 Å². The van der Waals surface area contributed by atoms with Gasteiger partial charge in [0.1, 0.15) is 11.6 Å². The molecule has 24 heavy (non-hydrogen) atoms. The molecule has 0 amide bonds.